The highest BCUT2D eigenvalue weighted by atomic mass is 19.4. The van der Waals surface area contributed by atoms with Crippen LogP contribution >= 0.6 is 0 Å². The summed E-state index contributed by atoms with van der Waals surface area (Å²) in [5.41, 5.74) is -0.101. The van der Waals surface area contributed by atoms with Crippen LogP contribution in [-0.2, 0) is 19.3 Å². The molecule has 0 spiro atoms. The number of carbonyl (C=O) groups is 2. The van der Waals surface area contributed by atoms with Gasteiger partial charge in [-0.2, -0.15) is 13.2 Å². The van der Waals surface area contributed by atoms with Gasteiger partial charge in [-0.3, -0.25) is 10.1 Å². The van der Waals surface area contributed by atoms with Gasteiger partial charge in [-0.1, -0.05) is 13.3 Å². The maximum atomic E-state index is 13.2. The molecule has 0 bridgehead atoms. The molecule has 3 amide bonds. The maximum absolute atomic E-state index is 13.2. The molecule has 9 nitrogen and oxygen atoms in total. The van der Waals surface area contributed by atoms with Crippen molar-refractivity contribution < 1.29 is 45.1 Å². The highest BCUT2D eigenvalue weighted by Gasteiger charge is 2.38. The third-order valence-corrected chi connectivity index (χ3v) is 4.95. The molecule has 3 rings (SSSR count). The Labute approximate surface area is 212 Å². The second-order valence-electron chi connectivity index (χ2n) is 8.04. The van der Waals surface area contributed by atoms with E-state index in [9.17, 15) is 35.9 Å². The lowest BCUT2D eigenvalue weighted by atomic mass is 10.2. The average Bonchev–Trinajstić information content (AvgIpc) is 3.39. The quantitative estimate of drug-likeness (QED) is 0.282. The number of imidazole rings is 1. The summed E-state index contributed by atoms with van der Waals surface area (Å²) >= 11 is 0. The van der Waals surface area contributed by atoms with E-state index in [1.54, 1.807) is 0 Å². The predicted octanol–water partition coefficient (Wildman–Crippen LogP) is 6.08. The molecule has 0 saturated heterocycles. The Morgan fingerprint density at radius 3 is 2.37 bits per heavy atom. The summed E-state index contributed by atoms with van der Waals surface area (Å²) in [5.74, 6) is -2.59. The van der Waals surface area contributed by atoms with Crippen molar-refractivity contribution in [2.24, 2.45) is 0 Å². The summed E-state index contributed by atoms with van der Waals surface area (Å²) in [5, 5.41) is 7.19. The zero-order chi connectivity index (χ0) is 28.1. The molecule has 0 aliphatic rings. The standard InChI is InChI=1S/C23H23F6N5O4/c1-3-4-9-34-12-17(33-21(36)31-15-5-7-16(8-6-15)38-23(27,28)29)32-19(34)20(35)30-11-14-10-13(2)37-18(14)22(24,25)26/h5-8,10,12H,3-4,9,11H2,1-2H3,(H,30,35)(H2,31,33,36). The van der Waals surface area contributed by atoms with Gasteiger partial charge in [0.25, 0.3) is 5.91 Å². The summed E-state index contributed by atoms with van der Waals surface area (Å²) in [6.45, 7) is 3.14. The van der Waals surface area contributed by atoms with E-state index >= 15 is 0 Å². The molecule has 2 aromatic heterocycles. The van der Waals surface area contributed by atoms with Gasteiger partial charge in [-0.15, -0.1) is 13.2 Å². The number of amides is 3. The third kappa shape index (κ3) is 7.91. The van der Waals surface area contributed by atoms with Gasteiger partial charge in [-0.05, 0) is 43.7 Å². The van der Waals surface area contributed by atoms with Crippen LogP contribution < -0.4 is 20.7 Å². The Morgan fingerprint density at radius 2 is 1.76 bits per heavy atom. The molecule has 15 heteroatoms. The molecule has 0 radical (unpaired) electrons. The summed E-state index contributed by atoms with van der Waals surface area (Å²) in [6.07, 6.45) is -6.80. The van der Waals surface area contributed by atoms with E-state index in [1.165, 1.54) is 35.9 Å². The zero-order valence-corrected chi connectivity index (χ0v) is 20.1. The summed E-state index contributed by atoms with van der Waals surface area (Å²) < 4.78 is 86.2. The largest absolute Gasteiger partial charge is 0.573 e. The van der Waals surface area contributed by atoms with Gasteiger partial charge in [0, 0.05) is 30.5 Å². The smallest absolute Gasteiger partial charge is 0.456 e. The van der Waals surface area contributed by atoms with Gasteiger partial charge in [0.2, 0.25) is 11.6 Å². The van der Waals surface area contributed by atoms with Crippen molar-refractivity contribution in [2.75, 3.05) is 10.6 Å². The van der Waals surface area contributed by atoms with Crippen LogP contribution in [0.1, 0.15) is 47.5 Å². The van der Waals surface area contributed by atoms with Crippen LogP contribution in [0.4, 0.5) is 42.6 Å². The first-order valence-electron chi connectivity index (χ1n) is 11.2. The van der Waals surface area contributed by atoms with Crippen LogP contribution in [0, 0.1) is 6.92 Å². The van der Waals surface area contributed by atoms with Crippen LogP contribution in [0.25, 0.3) is 0 Å². The number of unbranched alkanes of at least 4 members (excludes halogenated alkanes) is 1. The molecule has 0 aliphatic carbocycles. The van der Waals surface area contributed by atoms with Gasteiger partial charge in [-0.25, -0.2) is 9.78 Å². The molecule has 0 unspecified atom stereocenters. The molecule has 0 aliphatic heterocycles. The summed E-state index contributed by atoms with van der Waals surface area (Å²) in [7, 11) is 0. The topological polar surface area (TPSA) is 110 Å². The Morgan fingerprint density at radius 1 is 1.08 bits per heavy atom. The third-order valence-electron chi connectivity index (χ3n) is 4.95. The summed E-state index contributed by atoms with van der Waals surface area (Å²) in [6, 6.07) is 4.77. The molecule has 2 heterocycles. The monoisotopic (exact) mass is 547 g/mol. The molecule has 0 fully saturated rings. The Balaban J connectivity index is 1.68. The fourth-order valence-electron chi connectivity index (χ4n) is 3.37. The Bertz CT molecular complexity index is 1260. The maximum Gasteiger partial charge on any atom is 0.573 e. The van der Waals surface area contributed by atoms with Crippen LogP contribution in [0.2, 0.25) is 0 Å². The fourth-order valence-corrected chi connectivity index (χ4v) is 3.37. The number of nitrogens with one attached hydrogen (secondary N) is 3. The molecule has 0 saturated carbocycles. The van der Waals surface area contributed by atoms with Gasteiger partial charge in [0.05, 0.1) is 0 Å². The van der Waals surface area contributed by atoms with Crippen molar-refractivity contribution in [3.05, 3.63) is 59.4 Å². The first-order valence-corrected chi connectivity index (χ1v) is 11.2. The number of benzene rings is 1. The second kappa shape index (κ2) is 11.5. The molecular formula is C23H23F6N5O4. The lowest BCUT2D eigenvalue weighted by molar-refractivity contribution is -0.274. The molecule has 38 heavy (non-hydrogen) atoms. The highest BCUT2D eigenvalue weighted by molar-refractivity contribution is 5.99. The van der Waals surface area contributed by atoms with E-state index in [-0.39, 0.29) is 28.7 Å². The average molecular weight is 547 g/mol. The predicted molar refractivity (Wildman–Crippen MR) is 123 cm³/mol. The van der Waals surface area contributed by atoms with Gasteiger partial charge >= 0.3 is 18.6 Å². The lowest BCUT2D eigenvalue weighted by Gasteiger charge is -2.10. The van der Waals surface area contributed by atoms with Crippen LogP contribution in [0.15, 0.2) is 40.9 Å². The molecule has 3 N–H and O–H groups in total. The minimum absolute atomic E-state index is 0.0316. The summed E-state index contributed by atoms with van der Waals surface area (Å²) in [4.78, 5) is 29.2. The van der Waals surface area contributed by atoms with Crippen LogP contribution in [0.3, 0.4) is 0 Å². The number of ether oxygens (including phenoxy) is 1. The van der Waals surface area contributed by atoms with Crippen molar-refractivity contribution in [3.63, 3.8) is 0 Å². The van der Waals surface area contributed by atoms with Crippen molar-refractivity contribution in [2.45, 2.75) is 52.3 Å². The van der Waals surface area contributed by atoms with E-state index in [2.05, 4.69) is 25.7 Å². The van der Waals surface area contributed by atoms with Gasteiger partial charge in [0.1, 0.15) is 11.5 Å². The molecular weight excluding hydrogens is 524 g/mol. The number of anilines is 2. The molecule has 1 aromatic carbocycles. The second-order valence-corrected chi connectivity index (χ2v) is 8.04. The first-order chi connectivity index (χ1) is 17.7. The van der Waals surface area contributed by atoms with Crippen LogP contribution in [0.5, 0.6) is 5.75 Å². The molecule has 0 atom stereocenters. The number of rotatable bonds is 9. The van der Waals surface area contributed by atoms with Crippen LogP contribution in [-0.4, -0.2) is 27.9 Å². The van der Waals surface area contributed by atoms with Crippen molar-refractivity contribution in [1.29, 1.82) is 0 Å². The van der Waals surface area contributed by atoms with E-state index in [0.717, 1.165) is 18.6 Å². The van der Waals surface area contributed by atoms with E-state index in [1.807, 2.05) is 6.92 Å². The number of urea groups is 1. The minimum atomic E-state index is -4.86. The molecule has 206 valence electrons. The van der Waals surface area contributed by atoms with Crippen molar-refractivity contribution in [3.8, 4) is 5.75 Å². The normalized spacial score (nSPS) is 11.8. The number of aromatic nitrogens is 2. The zero-order valence-electron chi connectivity index (χ0n) is 20.1. The van der Waals surface area contributed by atoms with E-state index in [0.29, 0.717) is 13.0 Å². The lowest BCUT2D eigenvalue weighted by Crippen LogP contribution is -2.27. The number of furan rings is 1. The van der Waals surface area contributed by atoms with Gasteiger partial charge in [0.15, 0.2) is 5.82 Å². The minimum Gasteiger partial charge on any atom is -0.456 e. The van der Waals surface area contributed by atoms with Crippen molar-refractivity contribution in [1.82, 2.24) is 14.9 Å². The number of hydrogen-bond donors (Lipinski definition) is 3. The molecule has 3 aromatic rings. The number of alkyl halides is 6. The Kier molecular flexibility index (Phi) is 8.58. The van der Waals surface area contributed by atoms with E-state index in [4.69, 9.17) is 4.42 Å². The van der Waals surface area contributed by atoms with Gasteiger partial charge < -0.3 is 24.4 Å². The van der Waals surface area contributed by atoms with Crippen molar-refractivity contribution >= 4 is 23.4 Å². The fraction of sp³-hybridized carbons (Fsp3) is 0.348. The SMILES string of the molecule is CCCCn1cc(NC(=O)Nc2ccc(OC(F)(F)F)cc2)nc1C(=O)NCc1cc(C)oc1C(F)(F)F. The number of halogens is 6. The number of nitrogens with zero attached hydrogens (tertiary/aromatic N) is 2. The highest BCUT2D eigenvalue weighted by Crippen LogP contribution is 2.34. The Hall–Kier alpha value is -4.17. The number of carbonyl (C=O) groups excluding carboxylic acids is 2. The van der Waals surface area contributed by atoms with E-state index < -0.39 is 42.5 Å². The first kappa shape index (κ1) is 28.4. The number of aryl methyl sites for hydroxylation is 2. The number of hydrogen-bond acceptors (Lipinski definition) is 5.